The van der Waals surface area contributed by atoms with E-state index in [0.29, 0.717) is 49.0 Å². The number of anilines is 5. The van der Waals surface area contributed by atoms with Crippen molar-refractivity contribution in [3.8, 4) is 5.75 Å². The molecule has 3 amide bonds. The fourth-order valence-electron chi connectivity index (χ4n) is 5.07. The minimum Gasteiger partial charge on any atom is -0.494 e. The smallest absolute Gasteiger partial charge is 0.325 e. The van der Waals surface area contributed by atoms with Crippen molar-refractivity contribution < 1.29 is 22.7 Å². The molecule has 0 bridgehead atoms. The standard InChI is InChI=1S/C30H37ClN8O5S/c1-20(2)45(42,43)26-8-6-5-7-24(26)33-28-22(31)18-32-29(35-28)34-23-10-9-21(17-25(23)44-4)39-16-15-38(30(39)41)19-27(40)37-13-11-36(3)12-14-37/h5-10,17-18,20H,11-16,19H2,1-4H3,(H2,32,33,34,35). The highest BCUT2D eigenvalue weighted by Crippen LogP contribution is 2.34. The molecule has 15 heteroatoms. The van der Waals surface area contributed by atoms with Crippen LogP contribution in [-0.4, -0.2) is 110 Å². The van der Waals surface area contributed by atoms with E-state index in [1.54, 1.807) is 60.0 Å². The third-order valence-corrected chi connectivity index (χ3v) is 10.3. The quantitative estimate of drug-likeness (QED) is 0.331. The van der Waals surface area contributed by atoms with E-state index in [-0.39, 0.29) is 40.2 Å². The fraction of sp³-hybridized carbons (Fsp3) is 0.400. The Morgan fingerprint density at radius 2 is 1.76 bits per heavy atom. The number of amides is 3. The van der Waals surface area contributed by atoms with Crippen LogP contribution < -0.4 is 20.3 Å². The van der Waals surface area contributed by atoms with E-state index in [1.807, 2.05) is 11.9 Å². The van der Waals surface area contributed by atoms with Gasteiger partial charge in [-0.2, -0.15) is 4.98 Å². The van der Waals surface area contributed by atoms with Crippen LogP contribution in [0.5, 0.6) is 5.75 Å². The SMILES string of the molecule is COc1cc(N2CCN(CC(=O)N3CCN(C)CC3)C2=O)ccc1Nc1ncc(Cl)c(Nc2ccccc2S(=O)(=O)C(C)C)n1. The Hall–Kier alpha value is -4.14. The molecule has 5 rings (SSSR count). The molecule has 2 N–H and O–H groups in total. The van der Waals surface area contributed by atoms with Crippen molar-refractivity contribution in [2.45, 2.75) is 24.0 Å². The molecule has 240 valence electrons. The molecule has 0 saturated carbocycles. The minimum atomic E-state index is -3.57. The lowest BCUT2D eigenvalue weighted by Crippen LogP contribution is -2.50. The van der Waals surface area contributed by atoms with Gasteiger partial charge in [0.25, 0.3) is 0 Å². The number of likely N-dealkylation sites (N-methyl/N-ethyl adjacent to an activating group) is 1. The Kier molecular flexibility index (Phi) is 9.65. The summed E-state index contributed by atoms with van der Waals surface area (Å²) in [4.78, 5) is 42.1. The number of sulfone groups is 1. The van der Waals surface area contributed by atoms with Crippen LogP contribution in [0.4, 0.5) is 33.6 Å². The number of carbonyl (C=O) groups is 2. The lowest BCUT2D eigenvalue weighted by molar-refractivity contribution is -0.133. The number of nitrogens with zero attached hydrogens (tertiary/aromatic N) is 6. The summed E-state index contributed by atoms with van der Waals surface area (Å²) in [5.41, 5.74) is 1.50. The summed E-state index contributed by atoms with van der Waals surface area (Å²) < 4.78 is 31.4. The summed E-state index contributed by atoms with van der Waals surface area (Å²) in [6.07, 6.45) is 1.40. The number of carbonyl (C=O) groups excluding carboxylic acids is 2. The lowest BCUT2D eigenvalue weighted by Gasteiger charge is -2.33. The molecule has 13 nitrogen and oxygen atoms in total. The highest BCUT2D eigenvalue weighted by atomic mass is 35.5. The summed E-state index contributed by atoms with van der Waals surface area (Å²) in [6.45, 7) is 7.14. The van der Waals surface area contributed by atoms with E-state index in [1.165, 1.54) is 19.4 Å². The number of para-hydroxylation sites is 1. The first-order valence-corrected chi connectivity index (χ1v) is 16.5. The zero-order valence-corrected chi connectivity index (χ0v) is 27.2. The van der Waals surface area contributed by atoms with Crippen molar-refractivity contribution in [3.05, 3.63) is 53.7 Å². The average Bonchev–Trinajstić information content (AvgIpc) is 3.38. The van der Waals surface area contributed by atoms with Gasteiger partial charge in [-0.3, -0.25) is 9.69 Å². The summed E-state index contributed by atoms with van der Waals surface area (Å²) in [6, 6.07) is 11.6. The topological polar surface area (TPSA) is 140 Å². The highest BCUT2D eigenvalue weighted by molar-refractivity contribution is 7.92. The van der Waals surface area contributed by atoms with Crippen LogP contribution in [0, 0.1) is 0 Å². The first kappa shape index (κ1) is 32.3. The zero-order chi connectivity index (χ0) is 32.3. The van der Waals surface area contributed by atoms with Crippen molar-refractivity contribution in [3.63, 3.8) is 0 Å². The van der Waals surface area contributed by atoms with Crippen molar-refractivity contribution in [2.24, 2.45) is 0 Å². The predicted molar refractivity (Wildman–Crippen MR) is 174 cm³/mol. The Morgan fingerprint density at radius 3 is 2.47 bits per heavy atom. The van der Waals surface area contributed by atoms with Crippen molar-refractivity contribution in [1.29, 1.82) is 0 Å². The molecule has 2 saturated heterocycles. The molecular weight excluding hydrogens is 620 g/mol. The average molecular weight is 657 g/mol. The van der Waals surface area contributed by atoms with Gasteiger partial charge >= 0.3 is 6.03 Å². The number of nitrogens with one attached hydrogen (secondary N) is 2. The van der Waals surface area contributed by atoms with Gasteiger partial charge in [-0.05, 0) is 45.2 Å². The predicted octanol–water partition coefficient (Wildman–Crippen LogP) is 3.82. The molecular formula is C30H37ClN8O5S. The monoisotopic (exact) mass is 656 g/mol. The van der Waals surface area contributed by atoms with Crippen LogP contribution in [-0.2, 0) is 14.6 Å². The van der Waals surface area contributed by atoms with Gasteiger partial charge in [0.2, 0.25) is 11.9 Å². The van der Waals surface area contributed by atoms with E-state index in [2.05, 4.69) is 25.5 Å². The molecule has 1 aromatic heterocycles. The number of aromatic nitrogens is 2. The Labute approximate surface area is 268 Å². The Morgan fingerprint density at radius 1 is 1.02 bits per heavy atom. The molecule has 0 unspecified atom stereocenters. The molecule has 0 aliphatic carbocycles. The lowest BCUT2D eigenvalue weighted by atomic mass is 10.2. The van der Waals surface area contributed by atoms with Crippen LogP contribution >= 0.6 is 11.6 Å². The number of rotatable bonds is 10. The second-order valence-corrected chi connectivity index (χ2v) is 14.0. The first-order valence-electron chi connectivity index (χ1n) is 14.6. The number of piperazine rings is 1. The van der Waals surface area contributed by atoms with Gasteiger partial charge in [0, 0.05) is 51.0 Å². The van der Waals surface area contributed by atoms with E-state index in [4.69, 9.17) is 16.3 Å². The largest absolute Gasteiger partial charge is 0.494 e. The Bertz CT molecular complexity index is 1680. The van der Waals surface area contributed by atoms with Crippen molar-refractivity contribution >= 4 is 62.2 Å². The Balaban J connectivity index is 1.29. The van der Waals surface area contributed by atoms with E-state index in [9.17, 15) is 18.0 Å². The van der Waals surface area contributed by atoms with Gasteiger partial charge in [-0.15, -0.1) is 0 Å². The molecule has 2 aliphatic heterocycles. The highest BCUT2D eigenvalue weighted by Gasteiger charge is 2.33. The molecule has 0 atom stereocenters. The summed E-state index contributed by atoms with van der Waals surface area (Å²) in [5.74, 6) is 0.791. The van der Waals surface area contributed by atoms with Gasteiger partial charge in [-0.25, -0.2) is 18.2 Å². The van der Waals surface area contributed by atoms with Gasteiger partial charge in [0.15, 0.2) is 15.7 Å². The molecule has 3 aromatic rings. The molecule has 2 fully saturated rings. The van der Waals surface area contributed by atoms with Crippen LogP contribution in [0.25, 0.3) is 0 Å². The number of ether oxygens (including phenoxy) is 1. The second kappa shape index (κ2) is 13.5. The number of urea groups is 1. The first-order chi connectivity index (χ1) is 21.5. The molecule has 45 heavy (non-hydrogen) atoms. The van der Waals surface area contributed by atoms with Gasteiger partial charge < -0.3 is 30.1 Å². The van der Waals surface area contributed by atoms with Crippen molar-refractivity contribution in [1.82, 2.24) is 24.7 Å². The fourth-order valence-corrected chi connectivity index (χ4v) is 6.41. The van der Waals surface area contributed by atoms with Crippen LogP contribution in [0.1, 0.15) is 13.8 Å². The summed E-state index contributed by atoms with van der Waals surface area (Å²) in [7, 11) is -0.0310. The third kappa shape index (κ3) is 7.08. The van der Waals surface area contributed by atoms with E-state index < -0.39 is 15.1 Å². The second-order valence-electron chi connectivity index (χ2n) is 11.2. The van der Waals surface area contributed by atoms with Gasteiger partial charge in [0.05, 0.1) is 34.8 Å². The van der Waals surface area contributed by atoms with E-state index in [0.717, 1.165) is 13.1 Å². The van der Waals surface area contributed by atoms with Crippen molar-refractivity contribution in [2.75, 3.05) is 75.5 Å². The maximum absolute atomic E-state index is 13.2. The molecule has 3 heterocycles. The molecule has 2 aliphatic rings. The maximum atomic E-state index is 13.2. The summed E-state index contributed by atoms with van der Waals surface area (Å²) >= 11 is 6.38. The molecule has 2 aromatic carbocycles. The van der Waals surface area contributed by atoms with Gasteiger partial charge in [-0.1, -0.05) is 23.7 Å². The number of halogens is 1. The van der Waals surface area contributed by atoms with Crippen LogP contribution in [0.3, 0.4) is 0 Å². The molecule has 0 radical (unpaired) electrons. The number of benzene rings is 2. The number of hydrogen-bond donors (Lipinski definition) is 2. The number of methoxy groups -OCH3 is 1. The third-order valence-electron chi connectivity index (χ3n) is 7.83. The zero-order valence-electron chi connectivity index (χ0n) is 25.7. The molecule has 0 spiro atoms. The van der Waals surface area contributed by atoms with E-state index >= 15 is 0 Å². The minimum absolute atomic E-state index is 0.0442. The maximum Gasteiger partial charge on any atom is 0.325 e. The number of hydrogen-bond acceptors (Lipinski definition) is 10. The summed E-state index contributed by atoms with van der Waals surface area (Å²) in [5, 5.41) is 5.73. The normalized spacial score (nSPS) is 16.0. The van der Waals surface area contributed by atoms with Crippen LogP contribution in [0.2, 0.25) is 5.02 Å². The van der Waals surface area contributed by atoms with Gasteiger partial charge in [0.1, 0.15) is 17.3 Å². The van der Waals surface area contributed by atoms with Crippen LogP contribution in [0.15, 0.2) is 53.6 Å².